The van der Waals surface area contributed by atoms with Crippen LogP contribution >= 0.6 is 8.03 Å². The summed E-state index contributed by atoms with van der Waals surface area (Å²) in [5.41, 5.74) is 1.40. The van der Waals surface area contributed by atoms with Crippen molar-refractivity contribution in [2.75, 3.05) is 0 Å². The highest BCUT2D eigenvalue weighted by Crippen LogP contribution is 2.16. The lowest BCUT2D eigenvalue weighted by molar-refractivity contribution is -0.136. The van der Waals surface area contributed by atoms with Crippen LogP contribution in [0.4, 0.5) is 0 Å². The van der Waals surface area contributed by atoms with Gasteiger partial charge in [0.15, 0.2) is 0 Å². The number of rotatable bonds is 3. The Labute approximate surface area is 82.1 Å². The fraction of sp³-hybridized carbons (Fsp3) is 0.222. The summed E-state index contributed by atoms with van der Waals surface area (Å²) in [7, 11) is -2.73. The van der Waals surface area contributed by atoms with Gasteiger partial charge in [-0.2, -0.15) is 0 Å². The maximum Gasteiger partial charge on any atom is 0.307 e. The lowest BCUT2D eigenvalue weighted by Gasteiger charge is -2.04. The molecule has 0 heterocycles. The quantitative estimate of drug-likeness (QED) is 0.727. The molecule has 1 unspecified atom stereocenters. The smallest absolute Gasteiger partial charge is 0.307 e. The number of benzene rings is 1. The van der Waals surface area contributed by atoms with Crippen molar-refractivity contribution in [2.45, 2.75) is 13.3 Å². The molecule has 0 saturated heterocycles. The van der Waals surface area contributed by atoms with Gasteiger partial charge in [-0.05, 0) is 30.2 Å². The lowest BCUT2D eigenvalue weighted by atomic mass is 10.1. The molecule has 14 heavy (non-hydrogen) atoms. The van der Waals surface area contributed by atoms with Crippen molar-refractivity contribution in [3.8, 4) is 0 Å². The fourth-order valence-electron chi connectivity index (χ4n) is 1.16. The molecule has 0 spiro atoms. The summed E-state index contributed by atoms with van der Waals surface area (Å²) < 4.78 is 10.8. The number of carboxylic acids is 1. The predicted molar refractivity (Wildman–Crippen MR) is 53.4 cm³/mol. The molecule has 1 atom stereocenters. The van der Waals surface area contributed by atoms with Crippen molar-refractivity contribution >= 4 is 19.3 Å². The van der Waals surface area contributed by atoms with Crippen LogP contribution in [0.15, 0.2) is 18.2 Å². The molecular formula is C9H11O4P. The first kappa shape index (κ1) is 11.0. The summed E-state index contributed by atoms with van der Waals surface area (Å²) in [4.78, 5) is 19.3. The van der Waals surface area contributed by atoms with Crippen LogP contribution in [0.1, 0.15) is 11.1 Å². The first-order valence-electron chi connectivity index (χ1n) is 4.05. The van der Waals surface area contributed by atoms with E-state index in [-0.39, 0.29) is 6.42 Å². The van der Waals surface area contributed by atoms with Crippen LogP contribution in [-0.2, 0) is 15.8 Å². The van der Waals surface area contributed by atoms with E-state index >= 15 is 0 Å². The number of aliphatic carboxylic acids is 1. The van der Waals surface area contributed by atoms with Gasteiger partial charge in [-0.15, -0.1) is 0 Å². The second-order valence-electron chi connectivity index (χ2n) is 3.02. The minimum atomic E-state index is -2.73. The Morgan fingerprint density at radius 3 is 2.64 bits per heavy atom. The van der Waals surface area contributed by atoms with Crippen molar-refractivity contribution in [2.24, 2.45) is 0 Å². The molecule has 0 aliphatic carbocycles. The third-order valence-corrected chi connectivity index (χ3v) is 2.74. The normalized spacial score (nSPS) is 12.4. The summed E-state index contributed by atoms with van der Waals surface area (Å²) in [6.07, 6.45) is -0.116. The van der Waals surface area contributed by atoms with Crippen LogP contribution in [0.5, 0.6) is 0 Å². The Hall–Kier alpha value is -1.12. The average Bonchev–Trinajstić information content (AvgIpc) is 2.07. The second-order valence-corrected chi connectivity index (χ2v) is 4.20. The number of hydrogen-bond donors (Lipinski definition) is 2. The van der Waals surface area contributed by atoms with Crippen molar-refractivity contribution in [3.05, 3.63) is 29.3 Å². The standard InChI is InChI=1S/C9H11O4P/c1-6-2-3-8(14(12)13)4-7(6)5-9(10)11/h2-4,14H,5H2,1H3,(H,10,11)(H,12,13). The zero-order chi connectivity index (χ0) is 10.7. The number of carbonyl (C=O) groups is 1. The zero-order valence-electron chi connectivity index (χ0n) is 7.65. The van der Waals surface area contributed by atoms with E-state index in [1.165, 1.54) is 6.07 Å². The Morgan fingerprint density at radius 2 is 2.14 bits per heavy atom. The summed E-state index contributed by atoms with van der Waals surface area (Å²) in [6.45, 7) is 1.77. The molecule has 0 saturated carbocycles. The molecule has 1 rings (SSSR count). The lowest BCUT2D eigenvalue weighted by Crippen LogP contribution is -2.06. The Kier molecular flexibility index (Phi) is 3.44. The molecule has 0 aromatic heterocycles. The van der Waals surface area contributed by atoms with E-state index in [1.54, 1.807) is 19.1 Å². The second kappa shape index (κ2) is 4.40. The maximum atomic E-state index is 10.8. The molecule has 76 valence electrons. The number of hydrogen-bond acceptors (Lipinski definition) is 2. The minimum Gasteiger partial charge on any atom is -0.481 e. The molecule has 0 aliphatic heterocycles. The zero-order valence-corrected chi connectivity index (χ0v) is 8.65. The SMILES string of the molecule is Cc1ccc([PH](=O)O)cc1CC(=O)O. The molecule has 0 fully saturated rings. The predicted octanol–water partition coefficient (Wildman–Crippen LogP) is 0.714. The van der Waals surface area contributed by atoms with E-state index in [0.29, 0.717) is 10.9 Å². The van der Waals surface area contributed by atoms with E-state index in [2.05, 4.69) is 0 Å². The first-order chi connectivity index (χ1) is 6.50. The molecule has 0 amide bonds. The third kappa shape index (κ3) is 2.69. The highest BCUT2D eigenvalue weighted by atomic mass is 31.1. The molecule has 1 aromatic rings. The van der Waals surface area contributed by atoms with Crippen molar-refractivity contribution in [1.82, 2.24) is 0 Å². The minimum absolute atomic E-state index is 0.116. The van der Waals surface area contributed by atoms with Crippen LogP contribution in [0.3, 0.4) is 0 Å². The van der Waals surface area contributed by atoms with Crippen LogP contribution in [0.2, 0.25) is 0 Å². The molecule has 5 heteroatoms. The molecular weight excluding hydrogens is 203 g/mol. The summed E-state index contributed by atoms with van der Waals surface area (Å²) in [5, 5.41) is 8.89. The van der Waals surface area contributed by atoms with Gasteiger partial charge < -0.3 is 10.00 Å². The highest BCUT2D eigenvalue weighted by molar-refractivity contribution is 7.47. The molecule has 1 aromatic carbocycles. The van der Waals surface area contributed by atoms with Gasteiger partial charge in [0.2, 0.25) is 8.03 Å². The van der Waals surface area contributed by atoms with Gasteiger partial charge in [-0.1, -0.05) is 6.07 Å². The van der Waals surface area contributed by atoms with Gasteiger partial charge in [0.05, 0.1) is 6.42 Å². The Morgan fingerprint density at radius 1 is 1.50 bits per heavy atom. The molecule has 0 bridgehead atoms. The van der Waals surface area contributed by atoms with Gasteiger partial charge in [0.25, 0.3) is 0 Å². The van der Waals surface area contributed by atoms with Crippen LogP contribution in [0.25, 0.3) is 0 Å². The third-order valence-electron chi connectivity index (χ3n) is 1.94. The van der Waals surface area contributed by atoms with Crippen molar-refractivity contribution < 1.29 is 19.4 Å². The van der Waals surface area contributed by atoms with Crippen LogP contribution < -0.4 is 5.30 Å². The first-order valence-corrected chi connectivity index (χ1v) is 5.41. The molecule has 0 aliphatic rings. The van der Waals surface area contributed by atoms with Crippen molar-refractivity contribution in [1.29, 1.82) is 0 Å². The molecule has 4 nitrogen and oxygen atoms in total. The summed E-state index contributed by atoms with van der Waals surface area (Å²) >= 11 is 0. The van der Waals surface area contributed by atoms with Gasteiger partial charge >= 0.3 is 5.97 Å². The summed E-state index contributed by atoms with van der Waals surface area (Å²) in [6, 6.07) is 4.68. The molecule has 0 radical (unpaired) electrons. The van der Waals surface area contributed by atoms with Crippen LogP contribution in [0, 0.1) is 6.92 Å². The number of carboxylic acid groups (broad SMARTS) is 1. The average molecular weight is 214 g/mol. The van der Waals surface area contributed by atoms with Crippen molar-refractivity contribution in [3.63, 3.8) is 0 Å². The molecule has 2 N–H and O–H groups in total. The van der Waals surface area contributed by atoms with Crippen LogP contribution in [-0.4, -0.2) is 16.0 Å². The van der Waals surface area contributed by atoms with E-state index < -0.39 is 14.0 Å². The van der Waals surface area contributed by atoms with Gasteiger partial charge in [-0.25, -0.2) is 0 Å². The van der Waals surface area contributed by atoms with Gasteiger partial charge in [-0.3, -0.25) is 9.36 Å². The van der Waals surface area contributed by atoms with E-state index in [4.69, 9.17) is 10.00 Å². The van der Waals surface area contributed by atoms with Gasteiger partial charge in [0.1, 0.15) is 0 Å². The topological polar surface area (TPSA) is 74.6 Å². The fourth-order valence-corrected chi connectivity index (χ4v) is 1.68. The number of aryl methyl sites for hydroxylation is 1. The Balaban J connectivity index is 3.08. The van der Waals surface area contributed by atoms with E-state index in [9.17, 15) is 9.36 Å². The maximum absolute atomic E-state index is 10.8. The highest BCUT2D eigenvalue weighted by Gasteiger charge is 2.07. The van der Waals surface area contributed by atoms with Gasteiger partial charge in [0, 0.05) is 5.30 Å². The Bertz CT molecular complexity index is 386. The van der Waals surface area contributed by atoms with E-state index in [0.717, 1.165) is 5.56 Å². The van der Waals surface area contributed by atoms with E-state index in [1.807, 2.05) is 0 Å². The summed E-state index contributed by atoms with van der Waals surface area (Å²) in [5.74, 6) is -0.942. The monoisotopic (exact) mass is 214 g/mol. The largest absolute Gasteiger partial charge is 0.481 e.